The molecular weight excluding hydrogens is 356 g/mol. The summed E-state index contributed by atoms with van der Waals surface area (Å²) in [6, 6.07) is 0. The highest BCUT2D eigenvalue weighted by atomic mass is 16.3. The van der Waals surface area contributed by atoms with Gasteiger partial charge in [-0.2, -0.15) is 0 Å². The minimum absolute atomic E-state index is 0.227. The van der Waals surface area contributed by atoms with E-state index in [4.69, 9.17) is 0 Å². The van der Waals surface area contributed by atoms with Gasteiger partial charge in [-0.25, -0.2) is 0 Å². The van der Waals surface area contributed by atoms with Crippen molar-refractivity contribution in [2.45, 2.75) is 90.3 Å². The van der Waals surface area contributed by atoms with Gasteiger partial charge in [-0.15, -0.1) is 0 Å². The molecule has 160 valence electrons. The fourth-order valence-electron chi connectivity index (χ4n) is 6.59. The normalized spacial score (nSPS) is 40.6. The number of fused-ring (bicyclic) bond motifs is 1. The first kappa shape index (κ1) is 21.1. The standard InChI is InChI=1S/C27H40O2/c1-18(9-16-26(29)22-12-13-22)23-14-15-24-21(7-5-17-27(23,24)3)11-10-20-6-4-8-25(28)19(20)2/h9-11,16,18,22-26,28-29H,2,4-8,12-15,17H2,1,3H3/b16-9+,20-10-,21-11+/t18-,23?,24+,25+,26-,27-/m1/s1. The summed E-state index contributed by atoms with van der Waals surface area (Å²) in [6.07, 6.45) is 20.3. The van der Waals surface area contributed by atoms with Crippen molar-refractivity contribution in [2.75, 3.05) is 0 Å². The quantitative estimate of drug-likeness (QED) is 0.550. The van der Waals surface area contributed by atoms with E-state index < -0.39 is 0 Å². The van der Waals surface area contributed by atoms with Crippen LogP contribution in [-0.4, -0.2) is 22.4 Å². The second-order valence-corrected chi connectivity index (χ2v) is 10.5. The average Bonchev–Trinajstić information content (AvgIpc) is 3.48. The number of hydrogen-bond donors (Lipinski definition) is 2. The summed E-state index contributed by atoms with van der Waals surface area (Å²) in [5, 5.41) is 20.3. The molecule has 4 fully saturated rings. The molecule has 0 spiro atoms. The molecule has 2 heteroatoms. The maximum Gasteiger partial charge on any atom is 0.0787 e. The molecule has 4 aliphatic rings. The summed E-state index contributed by atoms with van der Waals surface area (Å²) >= 11 is 0. The first-order valence-corrected chi connectivity index (χ1v) is 12.0. The molecule has 0 amide bonds. The van der Waals surface area contributed by atoms with Gasteiger partial charge in [0.15, 0.2) is 0 Å². The Balaban J connectivity index is 1.47. The molecule has 0 aromatic rings. The molecular formula is C27H40O2. The van der Waals surface area contributed by atoms with Gasteiger partial charge in [-0.05, 0) is 104 Å². The van der Waals surface area contributed by atoms with E-state index in [1.807, 2.05) is 0 Å². The summed E-state index contributed by atoms with van der Waals surface area (Å²) < 4.78 is 0. The van der Waals surface area contributed by atoms with Crippen LogP contribution in [0.2, 0.25) is 0 Å². The molecule has 4 aliphatic carbocycles. The topological polar surface area (TPSA) is 40.5 Å². The lowest BCUT2D eigenvalue weighted by Crippen LogP contribution is -2.35. The van der Waals surface area contributed by atoms with Crippen molar-refractivity contribution in [3.63, 3.8) is 0 Å². The first-order valence-electron chi connectivity index (χ1n) is 12.0. The third-order valence-electron chi connectivity index (χ3n) is 8.63. The van der Waals surface area contributed by atoms with E-state index >= 15 is 0 Å². The predicted octanol–water partition coefficient (Wildman–Crippen LogP) is 6.12. The summed E-state index contributed by atoms with van der Waals surface area (Å²) in [5.41, 5.74) is 4.18. The van der Waals surface area contributed by atoms with Gasteiger partial charge in [0.1, 0.15) is 0 Å². The molecule has 0 bridgehead atoms. The van der Waals surface area contributed by atoms with Gasteiger partial charge in [0.25, 0.3) is 0 Å². The van der Waals surface area contributed by atoms with Gasteiger partial charge in [-0.3, -0.25) is 0 Å². The van der Waals surface area contributed by atoms with E-state index in [0.717, 1.165) is 24.8 Å². The minimum Gasteiger partial charge on any atom is -0.389 e. The molecule has 0 saturated heterocycles. The van der Waals surface area contributed by atoms with Crippen LogP contribution in [-0.2, 0) is 0 Å². The molecule has 2 N–H and O–H groups in total. The predicted molar refractivity (Wildman–Crippen MR) is 120 cm³/mol. The van der Waals surface area contributed by atoms with Crippen LogP contribution < -0.4 is 0 Å². The van der Waals surface area contributed by atoms with Crippen LogP contribution >= 0.6 is 0 Å². The van der Waals surface area contributed by atoms with E-state index in [9.17, 15) is 10.2 Å². The summed E-state index contributed by atoms with van der Waals surface area (Å²) in [5.74, 6) is 2.45. The van der Waals surface area contributed by atoms with Crippen LogP contribution in [0.15, 0.2) is 47.6 Å². The van der Waals surface area contributed by atoms with E-state index in [0.29, 0.717) is 29.1 Å². The second kappa shape index (κ2) is 8.55. The highest BCUT2D eigenvalue weighted by Crippen LogP contribution is 2.59. The smallest absolute Gasteiger partial charge is 0.0787 e. The molecule has 29 heavy (non-hydrogen) atoms. The Morgan fingerprint density at radius 1 is 1.03 bits per heavy atom. The van der Waals surface area contributed by atoms with Gasteiger partial charge in [0, 0.05) is 0 Å². The highest BCUT2D eigenvalue weighted by molar-refractivity contribution is 5.37. The largest absolute Gasteiger partial charge is 0.389 e. The highest BCUT2D eigenvalue weighted by Gasteiger charge is 2.50. The van der Waals surface area contributed by atoms with E-state index in [1.165, 1.54) is 50.5 Å². The zero-order valence-corrected chi connectivity index (χ0v) is 18.4. The molecule has 0 radical (unpaired) electrons. The van der Waals surface area contributed by atoms with Crippen LogP contribution in [0.1, 0.15) is 78.1 Å². The van der Waals surface area contributed by atoms with Crippen molar-refractivity contribution in [1.29, 1.82) is 0 Å². The van der Waals surface area contributed by atoms with Crippen LogP contribution in [0.4, 0.5) is 0 Å². The molecule has 0 aliphatic heterocycles. The fourth-order valence-corrected chi connectivity index (χ4v) is 6.59. The molecule has 0 heterocycles. The van der Waals surface area contributed by atoms with E-state index in [-0.39, 0.29) is 12.2 Å². The second-order valence-electron chi connectivity index (χ2n) is 10.5. The molecule has 0 aromatic carbocycles. The fraction of sp³-hybridized carbons (Fsp3) is 0.704. The Bertz CT molecular complexity index is 710. The third-order valence-corrected chi connectivity index (χ3v) is 8.63. The number of rotatable bonds is 5. The molecule has 4 rings (SSSR count). The number of aliphatic hydroxyl groups excluding tert-OH is 2. The van der Waals surface area contributed by atoms with Gasteiger partial charge in [0.05, 0.1) is 12.2 Å². The zero-order chi connectivity index (χ0) is 20.6. The van der Waals surface area contributed by atoms with Crippen LogP contribution in [0.25, 0.3) is 0 Å². The van der Waals surface area contributed by atoms with Gasteiger partial charge < -0.3 is 10.2 Å². The third kappa shape index (κ3) is 4.35. The van der Waals surface area contributed by atoms with E-state index in [1.54, 1.807) is 5.57 Å². The number of aliphatic hydroxyl groups is 2. The van der Waals surface area contributed by atoms with Crippen molar-refractivity contribution >= 4 is 0 Å². The summed E-state index contributed by atoms with van der Waals surface area (Å²) in [7, 11) is 0. The minimum atomic E-state index is -0.348. The van der Waals surface area contributed by atoms with Gasteiger partial charge in [0.2, 0.25) is 0 Å². The lowest BCUT2D eigenvalue weighted by Gasteiger charge is -2.44. The molecule has 2 nitrogen and oxygen atoms in total. The van der Waals surface area contributed by atoms with Gasteiger partial charge >= 0.3 is 0 Å². The van der Waals surface area contributed by atoms with Crippen molar-refractivity contribution in [1.82, 2.24) is 0 Å². The van der Waals surface area contributed by atoms with Crippen molar-refractivity contribution in [2.24, 2.45) is 29.1 Å². The molecule has 1 unspecified atom stereocenters. The number of hydrogen-bond acceptors (Lipinski definition) is 2. The Labute approximate surface area is 177 Å². The van der Waals surface area contributed by atoms with Crippen LogP contribution in [0.5, 0.6) is 0 Å². The van der Waals surface area contributed by atoms with E-state index in [2.05, 4.69) is 44.7 Å². The lowest BCUT2D eigenvalue weighted by atomic mass is 9.61. The van der Waals surface area contributed by atoms with Crippen molar-refractivity contribution in [3.05, 3.63) is 47.6 Å². The van der Waals surface area contributed by atoms with Crippen molar-refractivity contribution < 1.29 is 10.2 Å². The van der Waals surface area contributed by atoms with Crippen LogP contribution in [0.3, 0.4) is 0 Å². The van der Waals surface area contributed by atoms with Crippen LogP contribution in [0, 0.1) is 29.1 Å². The maximum absolute atomic E-state index is 10.2. The lowest BCUT2D eigenvalue weighted by molar-refractivity contribution is 0.111. The Hall–Kier alpha value is -1.12. The van der Waals surface area contributed by atoms with Crippen molar-refractivity contribution in [3.8, 4) is 0 Å². The molecule has 4 saturated carbocycles. The number of allylic oxidation sites excluding steroid dienone is 4. The molecule has 0 aromatic heterocycles. The zero-order valence-electron chi connectivity index (χ0n) is 18.4. The summed E-state index contributed by atoms with van der Waals surface area (Å²) in [6.45, 7) is 9.02. The Morgan fingerprint density at radius 2 is 1.83 bits per heavy atom. The Kier molecular flexibility index (Phi) is 6.23. The van der Waals surface area contributed by atoms with Gasteiger partial charge in [-0.1, -0.05) is 50.3 Å². The Morgan fingerprint density at radius 3 is 2.59 bits per heavy atom. The average molecular weight is 397 g/mol. The summed E-state index contributed by atoms with van der Waals surface area (Å²) in [4.78, 5) is 0. The SMILES string of the molecule is C=C1/C(=C\C=C2/CCC[C@]3(C)C([C@H](C)/C=C/[C@@H](O)C4CC4)CC[C@@H]23)CCC[C@@H]1O. The first-order chi connectivity index (χ1) is 13.9. The monoisotopic (exact) mass is 396 g/mol. The molecule has 6 atom stereocenters. The maximum atomic E-state index is 10.2.